The van der Waals surface area contributed by atoms with E-state index in [9.17, 15) is 9.18 Å². The van der Waals surface area contributed by atoms with Crippen LogP contribution in [0.1, 0.15) is 16.7 Å². The number of aromatic nitrogens is 2. The molecule has 0 aliphatic carbocycles. The highest BCUT2D eigenvalue weighted by Crippen LogP contribution is 2.18. The van der Waals surface area contributed by atoms with Crippen molar-refractivity contribution in [3.8, 4) is 5.75 Å². The second-order valence-corrected chi connectivity index (χ2v) is 6.08. The average molecular weight is 360 g/mol. The van der Waals surface area contributed by atoms with Gasteiger partial charge >= 0.3 is 0 Å². The van der Waals surface area contributed by atoms with E-state index in [-0.39, 0.29) is 24.2 Å². The van der Waals surface area contributed by atoms with Gasteiger partial charge in [0.2, 0.25) is 0 Å². The van der Waals surface area contributed by atoms with Crippen molar-refractivity contribution < 1.29 is 9.13 Å². The van der Waals surface area contributed by atoms with Crippen molar-refractivity contribution in [1.29, 1.82) is 0 Å². The molecule has 134 valence electrons. The van der Waals surface area contributed by atoms with Crippen LogP contribution in [0.25, 0.3) is 5.57 Å². The van der Waals surface area contributed by atoms with E-state index in [1.807, 2.05) is 30.3 Å². The molecule has 2 aromatic carbocycles. The Bertz CT molecular complexity index is 1000. The van der Waals surface area contributed by atoms with Gasteiger partial charge in [-0.15, -0.1) is 0 Å². The predicted octanol–water partition coefficient (Wildman–Crippen LogP) is 3.34. The van der Waals surface area contributed by atoms with Crippen LogP contribution < -0.4 is 10.3 Å². The molecule has 0 aliphatic rings. The summed E-state index contributed by atoms with van der Waals surface area (Å²) in [6.45, 7) is 4.43. The lowest BCUT2D eigenvalue weighted by molar-refractivity contribution is 0.302. The van der Waals surface area contributed by atoms with Crippen LogP contribution in [0, 0.1) is 5.82 Å². The van der Waals surface area contributed by atoms with Crippen molar-refractivity contribution in [2.45, 2.75) is 19.5 Å². The van der Waals surface area contributed by atoms with Gasteiger partial charge in [0, 0.05) is 6.07 Å². The van der Waals surface area contributed by atoms with Gasteiger partial charge in [-0.2, -0.15) is 5.10 Å². The summed E-state index contributed by atoms with van der Waals surface area (Å²) in [7, 11) is 5.47. The van der Waals surface area contributed by atoms with Crippen LogP contribution in [-0.2, 0) is 19.5 Å². The average Bonchev–Trinajstić information content (AvgIpc) is 2.69. The van der Waals surface area contributed by atoms with E-state index in [2.05, 4.69) is 11.7 Å². The van der Waals surface area contributed by atoms with Crippen LogP contribution in [0.4, 0.5) is 4.39 Å². The minimum absolute atomic E-state index is 0.129. The fourth-order valence-electron chi connectivity index (χ4n) is 2.56. The number of ether oxygens (including phenoxy) is 1. The number of allylic oxidation sites excluding steroid dienone is 1. The second-order valence-electron chi connectivity index (χ2n) is 6.08. The summed E-state index contributed by atoms with van der Waals surface area (Å²) in [5, 5.41) is 4.12. The van der Waals surface area contributed by atoms with Gasteiger partial charge < -0.3 is 4.74 Å². The highest BCUT2D eigenvalue weighted by Gasteiger charge is 2.08. The fraction of sp³-hybridized carbons (Fsp3) is 0.143. The first-order valence-electron chi connectivity index (χ1n) is 8.47. The quantitative estimate of drug-likeness (QED) is 0.607. The van der Waals surface area contributed by atoms with E-state index in [1.165, 1.54) is 23.0 Å². The van der Waals surface area contributed by atoms with E-state index in [0.717, 1.165) is 5.56 Å². The molecule has 0 atom stereocenters. The molecule has 1 aromatic heterocycles. The first-order chi connectivity index (χ1) is 13.1. The molecule has 0 saturated carbocycles. The number of rotatable bonds is 7. The van der Waals surface area contributed by atoms with Crippen molar-refractivity contribution >= 4 is 13.4 Å². The van der Waals surface area contributed by atoms with Crippen LogP contribution in [-0.4, -0.2) is 17.6 Å². The van der Waals surface area contributed by atoms with Crippen molar-refractivity contribution in [2.24, 2.45) is 0 Å². The largest absolute Gasteiger partial charge is 0.487 e. The lowest BCUT2D eigenvalue weighted by Crippen LogP contribution is -2.22. The third-order valence-electron chi connectivity index (χ3n) is 4.11. The Hall–Kier alpha value is -3.15. The molecular weight excluding hydrogens is 342 g/mol. The normalized spacial score (nSPS) is 10.6. The molecule has 4 nitrogen and oxygen atoms in total. The number of halogens is 1. The molecule has 0 spiro atoms. The summed E-state index contributed by atoms with van der Waals surface area (Å²) in [4.78, 5) is 12.3. The molecule has 0 fully saturated rings. The molecular formula is C21H18BFN2O2. The zero-order chi connectivity index (χ0) is 19.2. The molecule has 3 aromatic rings. The van der Waals surface area contributed by atoms with Crippen LogP contribution in [0.5, 0.6) is 5.75 Å². The van der Waals surface area contributed by atoms with Gasteiger partial charge in [0.15, 0.2) is 0 Å². The van der Waals surface area contributed by atoms with Crippen LogP contribution in [0.3, 0.4) is 0 Å². The summed E-state index contributed by atoms with van der Waals surface area (Å²) in [5.74, 6) is 0.00479. The van der Waals surface area contributed by atoms with Crippen molar-refractivity contribution in [3.63, 3.8) is 0 Å². The standard InChI is InChI=1S/C21H18BFN2O2/c1-15(17-7-8-18(11-22)20(23)9-17)13-25-21(26)10-19(12-24-25)27-14-16-5-3-2-4-6-16/h2-10,12H,1,11,13-14H2. The van der Waals surface area contributed by atoms with E-state index >= 15 is 0 Å². The van der Waals surface area contributed by atoms with Gasteiger partial charge in [0.05, 0.1) is 20.6 Å². The molecule has 27 heavy (non-hydrogen) atoms. The Morgan fingerprint density at radius 1 is 1.19 bits per heavy atom. The Morgan fingerprint density at radius 3 is 2.63 bits per heavy atom. The molecule has 0 N–H and O–H groups in total. The van der Waals surface area contributed by atoms with Gasteiger partial charge in [-0.1, -0.05) is 55.4 Å². The number of nitrogens with zero attached hydrogens (tertiary/aromatic N) is 2. The first-order valence-corrected chi connectivity index (χ1v) is 8.47. The van der Waals surface area contributed by atoms with E-state index in [0.29, 0.717) is 29.1 Å². The van der Waals surface area contributed by atoms with Gasteiger partial charge in [-0.05, 0) is 28.3 Å². The summed E-state index contributed by atoms with van der Waals surface area (Å²) in [6, 6.07) is 15.7. The zero-order valence-electron chi connectivity index (χ0n) is 14.8. The van der Waals surface area contributed by atoms with Gasteiger partial charge in [0.1, 0.15) is 18.2 Å². The van der Waals surface area contributed by atoms with Crippen molar-refractivity contribution in [2.75, 3.05) is 0 Å². The maximum Gasteiger partial charge on any atom is 0.270 e. The lowest BCUT2D eigenvalue weighted by Gasteiger charge is -2.11. The van der Waals surface area contributed by atoms with Crippen molar-refractivity contribution in [1.82, 2.24) is 9.78 Å². The predicted molar refractivity (Wildman–Crippen MR) is 104 cm³/mol. The zero-order valence-corrected chi connectivity index (χ0v) is 14.8. The summed E-state index contributed by atoms with van der Waals surface area (Å²) < 4.78 is 20.7. The third-order valence-corrected chi connectivity index (χ3v) is 4.11. The number of benzene rings is 2. The molecule has 2 radical (unpaired) electrons. The number of hydrogen-bond acceptors (Lipinski definition) is 3. The van der Waals surface area contributed by atoms with E-state index in [1.54, 1.807) is 12.1 Å². The molecule has 0 bridgehead atoms. The molecule has 1 heterocycles. The van der Waals surface area contributed by atoms with Crippen LogP contribution in [0.2, 0.25) is 0 Å². The monoisotopic (exact) mass is 360 g/mol. The lowest BCUT2D eigenvalue weighted by atomic mass is 9.94. The summed E-state index contributed by atoms with van der Waals surface area (Å²) in [6.07, 6.45) is 1.61. The Balaban J connectivity index is 1.68. The highest BCUT2D eigenvalue weighted by molar-refractivity contribution is 6.08. The van der Waals surface area contributed by atoms with Crippen LogP contribution >= 0.6 is 0 Å². The Labute approximate surface area is 158 Å². The smallest absolute Gasteiger partial charge is 0.270 e. The van der Waals surface area contributed by atoms with Gasteiger partial charge in [0.25, 0.3) is 5.56 Å². The van der Waals surface area contributed by atoms with Gasteiger partial charge in [-0.25, -0.2) is 9.07 Å². The highest BCUT2D eigenvalue weighted by atomic mass is 19.1. The SMILES string of the molecule is [B]Cc1ccc(C(=C)Cn2ncc(OCc3ccccc3)cc2=O)cc1F. The molecule has 0 amide bonds. The molecule has 0 saturated heterocycles. The van der Waals surface area contributed by atoms with Crippen molar-refractivity contribution in [3.05, 3.63) is 100 Å². The second kappa shape index (κ2) is 8.49. The van der Waals surface area contributed by atoms with Crippen LogP contribution in [0.15, 0.2) is 72.2 Å². The summed E-state index contributed by atoms with van der Waals surface area (Å²) in [5.41, 5.74) is 2.29. The Morgan fingerprint density at radius 2 is 1.96 bits per heavy atom. The minimum Gasteiger partial charge on any atom is -0.487 e. The molecule has 3 rings (SSSR count). The maximum absolute atomic E-state index is 13.9. The molecule has 0 unspecified atom stereocenters. The topological polar surface area (TPSA) is 44.1 Å². The Kier molecular flexibility index (Phi) is 5.86. The summed E-state index contributed by atoms with van der Waals surface area (Å²) >= 11 is 0. The van der Waals surface area contributed by atoms with Gasteiger partial charge in [-0.3, -0.25) is 4.79 Å². The molecule has 0 aliphatic heterocycles. The van der Waals surface area contributed by atoms with E-state index in [4.69, 9.17) is 12.6 Å². The maximum atomic E-state index is 13.9. The first kappa shape index (κ1) is 18.6. The molecule has 6 heteroatoms. The number of hydrogen-bond donors (Lipinski definition) is 0. The minimum atomic E-state index is -0.388. The fourth-order valence-corrected chi connectivity index (χ4v) is 2.56. The third kappa shape index (κ3) is 4.73. The van der Waals surface area contributed by atoms with E-state index < -0.39 is 0 Å².